The van der Waals surface area contributed by atoms with Crippen molar-refractivity contribution >= 4 is 38.6 Å². The van der Waals surface area contributed by atoms with Gasteiger partial charge in [-0.05, 0) is 36.4 Å². The van der Waals surface area contributed by atoms with E-state index in [1.165, 1.54) is 6.39 Å². The molecule has 1 aromatic heterocycles. The minimum absolute atomic E-state index is 0.163. The molecule has 0 saturated heterocycles. The first-order valence-corrected chi connectivity index (χ1v) is 6.42. The van der Waals surface area contributed by atoms with Crippen molar-refractivity contribution < 1.29 is 9.21 Å². The molecule has 1 heterocycles. The molecular weight excluding hydrogens is 308 g/mol. The molecule has 0 aliphatic rings. The predicted molar refractivity (Wildman–Crippen MR) is 76.1 cm³/mol. The van der Waals surface area contributed by atoms with Crippen LogP contribution in [0.4, 0.5) is 5.69 Å². The zero-order valence-electron chi connectivity index (χ0n) is 9.76. The van der Waals surface area contributed by atoms with E-state index in [1.54, 1.807) is 30.3 Å². The van der Waals surface area contributed by atoms with Gasteiger partial charge < -0.3 is 9.73 Å². The Bertz CT molecular complexity index is 752. The smallest absolute Gasteiger partial charge is 0.255 e. The number of hydrogen-bond acceptors (Lipinski definition) is 3. The molecule has 0 aliphatic carbocycles. The molecule has 0 unspecified atom stereocenters. The zero-order valence-corrected chi connectivity index (χ0v) is 11.3. The highest BCUT2D eigenvalue weighted by molar-refractivity contribution is 9.10. The Morgan fingerprint density at radius 2 is 2.11 bits per heavy atom. The summed E-state index contributed by atoms with van der Waals surface area (Å²) in [6, 6.07) is 12.5. The normalized spacial score (nSPS) is 10.6. The van der Waals surface area contributed by atoms with Crippen LogP contribution in [-0.2, 0) is 0 Å². The first-order chi connectivity index (χ1) is 9.22. The zero-order chi connectivity index (χ0) is 13.2. The summed E-state index contributed by atoms with van der Waals surface area (Å²) in [5.74, 6) is -0.163. The second-order valence-electron chi connectivity index (χ2n) is 4.00. The minimum atomic E-state index is -0.163. The third kappa shape index (κ3) is 2.51. The number of carbonyl (C=O) groups is 1. The van der Waals surface area contributed by atoms with Gasteiger partial charge in [0.1, 0.15) is 5.52 Å². The number of rotatable bonds is 2. The van der Waals surface area contributed by atoms with Crippen LogP contribution in [0.2, 0.25) is 0 Å². The number of fused-ring (bicyclic) bond motifs is 1. The molecule has 0 saturated carbocycles. The molecule has 0 aliphatic heterocycles. The van der Waals surface area contributed by atoms with Crippen LogP contribution in [0.25, 0.3) is 11.1 Å². The van der Waals surface area contributed by atoms with Crippen molar-refractivity contribution in [3.63, 3.8) is 0 Å². The van der Waals surface area contributed by atoms with E-state index in [1.807, 2.05) is 12.1 Å². The van der Waals surface area contributed by atoms with E-state index >= 15 is 0 Å². The number of carbonyl (C=O) groups excluding carboxylic acids is 1. The standard InChI is InChI=1S/C14H9BrN2O2/c15-10-3-1-2-9(6-10)14(18)17-11-4-5-13-12(7-11)16-8-19-13/h1-8H,(H,17,18). The molecule has 0 fully saturated rings. The number of amides is 1. The Kier molecular flexibility index (Phi) is 3.05. The number of nitrogens with zero attached hydrogens (tertiary/aromatic N) is 1. The molecule has 0 radical (unpaired) electrons. The predicted octanol–water partition coefficient (Wildman–Crippen LogP) is 3.84. The van der Waals surface area contributed by atoms with Crippen molar-refractivity contribution in [2.45, 2.75) is 0 Å². The van der Waals surface area contributed by atoms with Crippen molar-refractivity contribution in [3.8, 4) is 0 Å². The van der Waals surface area contributed by atoms with E-state index in [9.17, 15) is 4.79 Å². The number of anilines is 1. The van der Waals surface area contributed by atoms with Crippen LogP contribution in [0.15, 0.2) is 57.7 Å². The van der Waals surface area contributed by atoms with E-state index in [0.717, 1.165) is 4.47 Å². The maximum absolute atomic E-state index is 12.1. The summed E-state index contributed by atoms with van der Waals surface area (Å²) < 4.78 is 6.02. The van der Waals surface area contributed by atoms with Gasteiger partial charge in [0.25, 0.3) is 5.91 Å². The summed E-state index contributed by atoms with van der Waals surface area (Å²) in [6.07, 6.45) is 1.38. The van der Waals surface area contributed by atoms with Crippen molar-refractivity contribution in [1.82, 2.24) is 4.98 Å². The van der Waals surface area contributed by atoms with Gasteiger partial charge in [-0.25, -0.2) is 4.98 Å². The van der Waals surface area contributed by atoms with Gasteiger partial charge in [0, 0.05) is 15.7 Å². The fraction of sp³-hybridized carbons (Fsp3) is 0. The quantitative estimate of drug-likeness (QED) is 0.781. The maximum atomic E-state index is 12.1. The third-order valence-corrected chi connectivity index (χ3v) is 3.17. The van der Waals surface area contributed by atoms with E-state index < -0.39 is 0 Å². The SMILES string of the molecule is O=C(Nc1ccc2ocnc2c1)c1cccc(Br)c1. The summed E-state index contributed by atoms with van der Waals surface area (Å²) in [6.45, 7) is 0. The summed E-state index contributed by atoms with van der Waals surface area (Å²) in [5, 5.41) is 2.83. The number of aromatic nitrogens is 1. The number of halogens is 1. The highest BCUT2D eigenvalue weighted by atomic mass is 79.9. The Labute approximate surface area is 117 Å². The lowest BCUT2D eigenvalue weighted by Crippen LogP contribution is -2.11. The molecule has 2 aromatic carbocycles. The van der Waals surface area contributed by atoms with Crippen molar-refractivity contribution in [3.05, 3.63) is 58.9 Å². The molecule has 0 atom stereocenters. The van der Waals surface area contributed by atoms with E-state index in [2.05, 4.69) is 26.2 Å². The molecular formula is C14H9BrN2O2. The number of hydrogen-bond donors (Lipinski definition) is 1. The third-order valence-electron chi connectivity index (χ3n) is 2.68. The average Bonchev–Trinajstić information content (AvgIpc) is 2.86. The van der Waals surface area contributed by atoms with Gasteiger partial charge >= 0.3 is 0 Å². The van der Waals surface area contributed by atoms with Crippen LogP contribution in [0.3, 0.4) is 0 Å². The van der Waals surface area contributed by atoms with Gasteiger partial charge in [-0.15, -0.1) is 0 Å². The van der Waals surface area contributed by atoms with Gasteiger partial charge in [0.2, 0.25) is 0 Å². The molecule has 1 N–H and O–H groups in total. The molecule has 19 heavy (non-hydrogen) atoms. The van der Waals surface area contributed by atoms with Crippen LogP contribution in [-0.4, -0.2) is 10.9 Å². The first kappa shape index (κ1) is 11.9. The molecule has 1 amide bonds. The Hall–Kier alpha value is -2.14. The van der Waals surface area contributed by atoms with Crippen molar-refractivity contribution in [2.24, 2.45) is 0 Å². The largest absolute Gasteiger partial charge is 0.443 e. The maximum Gasteiger partial charge on any atom is 0.255 e. The topological polar surface area (TPSA) is 55.1 Å². The highest BCUT2D eigenvalue weighted by Gasteiger charge is 2.07. The monoisotopic (exact) mass is 316 g/mol. The Morgan fingerprint density at radius 3 is 2.95 bits per heavy atom. The lowest BCUT2D eigenvalue weighted by molar-refractivity contribution is 0.102. The molecule has 3 rings (SSSR count). The van der Waals surface area contributed by atoms with E-state index in [-0.39, 0.29) is 5.91 Å². The molecule has 94 valence electrons. The summed E-state index contributed by atoms with van der Waals surface area (Å²) in [4.78, 5) is 16.1. The molecule has 3 aromatic rings. The minimum Gasteiger partial charge on any atom is -0.443 e. The molecule has 0 bridgehead atoms. The number of benzene rings is 2. The van der Waals surface area contributed by atoms with Crippen LogP contribution in [0, 0.1) is 0 Å². The van der Waals surface area contributed by atoms with E-state index in [4.69, 9.17) is 4.42 Å². The van der Waals surface area contributed by atoms with Gasteiger partial charge in [-0.1, -0.05) is 22.0 Å². The van der Waals surface area contributed by atoms with Crippen molar-refractivity contribution in [2.75, 3.05) is 5.32 Å². The Morgan fingerprint density at radius 1 is 1.21 bits per heavy atom. The van der Waals surface area contributed by atoms with Crippen LogP contribution >= 0.6 is 15.9 Å². The van der Waals surface area contributed by atoms with Gasteiger partial charge in [0.15, 0.2) is 12.0 Å². The van der Waals surface area contributed by atoms with Gasteiger partial charge in [-0.3, -0.25) is 4.79 Å². The fourth-order valence-electron chi connectivity index (χ4n) is 1.77. The fourth-order valence-corrected chi connectivity index (χ4v) is 2.17. The summed E-state index contributed by atoms with van der Waals surface area (Å²) >= 11 is 3.34. The van der Waals surface area contributed by atoms with E-state index in [0.29, 0.717) is 22.4 Å². The summed E-state index contributed by atoms with van der Waals surface area (Å²) in [5.41, 5.74) is 2.69. The van der Waals surface area contributed by atoms with Crippen LogP contribution in [0.5, 0.6) is 0 Å². The highest BCUT2D eigenvalue weighted by Crippen LogP contribution is 2.19. The van der Waals surface area contributed by atoms with Crippen LogP contribution in [0.1, 0.15) is 10.4 Å². The molecule has 4 nitrogen and oxygen atoms in total. The van der Waals surface area contributed by atoms with Gasteiger partial charge in [-0.2, -0.15) is 0 Å². The second-order valence-corrected chi connectivity index (χ2v) is 4.92. The molecule has 0 spiro atoms. The molecule has 5 heteroatoms. The van der Waals surface area contributed by atoms with Crippen LogP contribution < -0.4 is 5.32 Å². The number of nitrogens with one attached hydrogen (secondary N) is 1. The van der Waals surface area contributed by atoms with Gasteiger partial charge in [0.05, 0.1) is 0 Å². The first-order valence-electron chi connectivity index (χ1n) is 5.62. The lowest BCUT2D eigenvalue weighted by atomic mass is 10.2. The van der Waals surface area contributed by atoms with Crippen molar-refractivity contribution in [1.29, 1.82) is 0 Å². The lowest BCUT2D eigenvalue weighted by Gasteiger charge is -2.05. The number of oxazole rings is 1. The second kappa shape index (κ2) is 4.85. The average molecular weight is 317 g/mol. The summed E-state index contributed by atoms with van der Waals surface area (Å²) in [7, 11) is 0. The Balaban J connectivity index is 1.86.